The Labute approximate surface area is 246 Å². The minimum absolute atomic E-state index is 0. The maximum atomic E-state index is 13.9. The summed E-state index contributed by atoms with van der Waals surface area (Å²) in [5, 5.41) is 0. The van der Waals surface area contributed by atoms with Crippen molar-refractivity contribution in [1.82, 2.24) is 4.90 Å². The molecule has 4 rings (SSSR count). The minimum atomic E-state index is 0. The fourth-order valence-corrected chi connectivity index (χ4v) is 6.25. The molecule has 0 spiro atoms. The number of morpholine rings is 1. The van der Waals surface area contributed by atoms with Crippen LogP contribution in [-0.2, 0) is 17.8 Å². The summed E-state index contributed by atoms with van der Waals surface area (Å²) in [5.41, 5.74) is 10.8. The maximum absolute atomic E-state index is 13.9. The number of rotatable bonds is 9. The van der Waals surface area contributed by atoms with Crippen LogP contribution < -0.4 is 17.0 Å². The van der Waals surface area contributed by atoms with Gasteiger partial charge in [-0.2, -0.15) is 0 Å². The molecule has 210 valence electrons. The average Bonchev–Trinajstić information content (AvgIpc) is 2.81. The van der Waals surface area contributed by atoms with E-state index in [1.54, 1.807) is 0 Å². The molecule has 1 fully saturated rings. The van der Waals surface area contributed by atoms with Gasteiger partial charge in [-0.15, -0.1) is 0 Å². The van der Waals surface area contributed by atoms with Gasteiger partial charge in [-0.1, -0.05) is 75.8 Å². The second kappa shape index (κ2) is 13.7. The fraction of sp³-hybridized carbons (Fsp3) is 0.441. The maximum Gasteiger partial charge on any atom is 0.254 e. The van der Waals surface area contributed by atoms with E-state index >= 15 is 0 Å². The van der Waals surface area contributed by atoms with E-state index in [0.717, 1.165) is 73.5 Å². The largest absolute Gasteiger partial charge is 1.00 e. The Morgan fingerprint density at radius 2 is 1.18 bits per heavy atom. The van der Waals surface area contributed by atoms with Gasteiger partial charge in [0.25, 0.3) is 5.91 Å². The molecule has 1 amide bonds. The SMILES string of the molecule is Cc1cc(C)cc(CN(CCC[N+]2(Cc3cc(C)cc(C)c3)CCOCC2)C(=O)c2cc(C)cc(C)c2)c1.[Br-]. The number of hydrogen-bond acceptors (Lipinski definition) is 2. The lowest BCUT2D eigenvalue weighted by Gasteiger charge is -2.42. The Balaban J connectivity index is 0.00000420. The van der Waals surface area contributed by atoms with Crippen LogP contribution in [-0.4, -0.2) is 54.7 Å². The standard InChI is InChI=1S/C34H45N2O2.BrH/c1-25-14-26(2)18-31(17-25)23-35(34(37)33-21-29(5)16-30(6)22-33)8-7-9-36(10-12-38-13-11-36)24-32-19-27(3)15-28(4)20-32;/h14-22H,7-13,23-24H2,1-6H3;1H/q+1;/p-1. The van der Waals surface area contributed by atoms with Crippen molar-refractivity contribution in [1.29, 1.82) is 0 Å². The van der Waals surface area contributed by atoms with Crippen LogP contribution in [0.25, 0.3) is 0 Å². The van der Waals surface area contributed by atoms with Crippen molar-refractivity contribution in [2.75, 3.05) is 39.4 Å². The molecule has 1 aliphatic heterocycles. The molecule has 0 aromatic heterocycles. The molecule has 39 heavy (non-hydrogen) atoms. The lowest BCUT2D eigenvalue weighted by molar-refractivity contribution is -0.947. The highest BCUT2D eigenvalue weighted by Gasteiger charge is 2.31. The van der Waals surface area contributed by atoms with Crippen LogP contribution in [0.1, 0.15) is 61.3 Å². The first-order valence-electron chi connectivity index (χ1n) is 14.1. The first kappa shape index (κ1) is 31.1. The Morgan fingerprint density at radius 3 is 1.69 bits per heavy atom. The van der Waals surface area contributed by atoms with Gasteiger partial charge in [-0.05, 0) is 59.2 Å². The van der Waals surface area contributed by atoms with E-state index < -0.39 is 0 Å². The van der Waals surface area contributed by atoms with Crippen LogP contribution in [0.2, 0.25) is 0 Å². The number of hydrogen-bond donors (Lipinski definition) is 0. The molecule has 1 heterocycles. The van der Waals surface area contributed by atoms with Crippen LogP contribution in [0.3, 0.4) is 0 Å². The number of aryl methyl sites for hydroxylation is 6. The van der Waals surface area contributed by atoms with Crippen LogP contribution in [0, 0.1) is 41.5 Å². The molecule has 4 nitrogen and oxygen atoms in total. The second-order valence-corrected chi connectivity index (χ2v) is 11.7. The number of amides is 1. The first-order chi connectivity index (χ1) is 18.1. The van der Waals surface area contributed by atoms with Crippen LogP contribution >= 0.6 is 0 Å². The number of benzene rings is 3. The number of halogens is 1. The lowest BCUT2D eigenvalue weighted by Crippen LogP contribution is -3.00. The van der Waals surface area contributed by atoms with Crippen molar-refractivity contribution in [3.05, 3.63) is 105 Å². The van der Waals surface area contributed by atoms with Crippen molar-refractivity contribution in [3.8, 4) is 0 Å². The molecule has 0 radical (unpaired) electrons. The Hall–Kier alpha value is -2.47. The molecule has 3 aromatic rings. The van der Waals surface area contributed by atoms with Gasteiger partial charge in [-0.25, -0.2) is 0 Å². The average molecular weight is 594 g/mol. The molecule has 0 atom stereocenters. The predicted molar refractivity (Wildman–Crippen MR) is 156 cm³/mol. The van der Waals surface area contributed by atoms with Gasteiger partial charge < -0.3 is 31.1 Å². The van der Waals surface area contributed by atoms with Gasteiger partial charge in [0.15, 0.2) is 0 Å². The minimum Gasteiger partial charge on any atom is -1.00 e. The van der Waals surface area contributed by atoms with Crippen molar-refractivity contribution >= 4 is 5.91 Å². The molecule has 0 aliphatic carbocycles. The van der Waals surface area contributed by atoms with Crippen molar-refractivity contribution in [3.63, 3.8) is 0 Å². The van der Waals surface area contributed by atoms with Gasteiger partial charge >= 0.3 is 0 Å². The van der Waals surface area contributed by atoms with Crippen LogP contribution in [0.4, 0.5) is 0 Å². The molecule has 1 saturated heterocycles. The monoisotopic (exact) mass is 592 g/mol. The Morgan fingerprint density at radius 1 is 0.718 bits per heavy atom. The summed E-state index contributed by atoms with van der Waals surface area (Å²) in [4.78, 5) is 15.9. The van der Waals surface area contributed by atoms with Crippen molar-refractivity contribution < 1.29 is 31.0 Å². The fourth-order valence-electron chi connectivity index (χ4n) is 6.25. The predicted octanol–water partition coefficient (Wildman–Crippen LogP) is 3.62. The Kier molecular flexibility index (Phi) is 10.9. The quantitative estimate of drug-likeness (QED) is 0.355. The zero-order valence-electron chi connectivity index (χ0n) is 24.6. The third-order valence-corrected chi connectivity index (χ3v) is 7.69. The van der Waals surface area contributed by atoms with E-state index in [4.69, 9.17) is 4.74 Å². The van der Waals surface area contributed by atoms with E-state index in [1.165, 1.54) is 33.4 Å². The van der Waals surface area contributed by atoms with Crippen molar-refractivity contribution in [2.24, 2.45) is 0 Å². The number of carbonyl (C=O) groups excluding carboxylic acids is 1. The van der Waals surface area contributed by atoms with Gasteiger partial charge in [-0.3, -0.25) is 4.79 Å². The smallest absolute Gasteiger partial charge is 0.254 e. The molecule has 0 N–H and O–H groups in total. The highest BCUT2D eigenvalue weighted by Crippen LogP contribution is 2.22. The number of quaternary nitrogens is 1. The van der Waals surface area contributed by atoms with Crippen LogP contribution in [0.5, 0.6) is 0 Å². The molecule has 0 saturated carbocycles. The number of carbonyl (C=O) groups is 1. The topological polar surface area (TPSA) is 29.5 Å². The van der Waals surface area contributed by atoms with Gasteiger partial charge in [0.1, 0.15) is 19.6 Å². The molecule has 3 aromatic carbocycles. The molecule has 0 bridgehead atoms. The second-order valence-electron chi connectivity index (χ2n) is 11.7. The zero-order chi connectivity index (χ0) is 27.3. The van der Waals surface area contributed by atoms with E-state index in [2.05, 4.69) is 88.9 Å². The zero-order valence-corrected chi connectivity index (χ0v) is 26.2. The van der Waals surface area contributed by atoms with Crippen LogP contribution in [0.15, 0.2) is 54.6 Å². The van der Waals surface area contributed by atoms with Gasteiger partial charge in [0.05, 0.1) is 19.8 Å². The summed E-state index contributed by atoms with van der Waals surface area (Å²) in [6.07, 6.45) is 0.964. The lowest BCUT2D eigenvalue weighted by atomic mass is 10.0. The highest BCUT2D eigenvalue weighted by atomic mass is 79.9. The summed E-state index contributed by atoms with van der Waals surface area (Å²) in [6.45, 7) is 19.9. The van der Waals surface area contributed by atoms with Crippen molar-refractivity contribution in [2.45, 2.75) is 61.1 Å². The molecule has 5 heteroatoms. The first-order valence-corrected chi connectivity index (χ1v) is 14.1. The highest BCUT2D eigenvalue weighted by molar-refractivity contribution is 5.94. The molecule has 1 aliphatic rings. The van der Waals surface area contributed by atoms with Gasteiger partial charge in [0, 0.05) is 30.6 Å². The summed E-state index contributed by atoms with van der Waals surface area (Å²) in [6, 6.07) is 19.7. The third-order valence-electron chi connectivity index (χ3n) is 7.69. The molecule has 0 unspecified atom stereocenters. The van der Waals surface area contributed by atoms with E-state index in [0.29, 0.717) is 6.54 Å². The summed E-state index contributed by atoms with van der Waals surface area (Å²) in [5.74, 6) is 0.124. The Bertz CT molecular complexity index is 1220. The van der Waals surface area contributed by atoms with E-state index in [-0.39, 0.29) is 22.9 Å². The summed E-state index contributed by atoms with van der Waals surface area (Å²) in [7, 11) is 0. The number of ether oxygens (including phenoxy) is 1. The summed E-state index contributed by atoms with van der Waals surface area (Å²) >= 11 is 0. The normalized spacial score (nSPS) is 14.5. The molecular weight excluding hydrogens is 548 g/mol. The number of nitrogens with zero attached hydrogens (tertiary/aromatic N) is 2. The summed E-state index contributed by atoms with van der Waals surface area (Å²) < 4.78 is 6.80. The van der Waals surface area contributed by atoms with E-state index in [9.17, 15) is 4.79 Å². The van der Waals surface area contributed by atoms with E-state index in [1.807, 2.05) is 12.1 Å². The molecular formula is C34H45BrN2O2. The van der Waals surface area contributed by atoms with Gasteiger partial charge in [0.2, 0.25) is 0 Å². The third kappa shape index (κ3) is 8.76.